The molecule has 0 aliphatic carbocycles. The lowest BCUT2D eigenvalue weighted by Gasteiger charge is -2.18. The van der Waals surface area contributed by atoms with E-state index in [2.05, 4.69) is 62.3 Å². The molecule has 0 aliphatic heterocycles. The number of carbonyl (C=O) groups is 3. The lowest BCUT2D eigenvalue weighted by Crippen LogP contribution is -1.97. The molecule has 0 fully saturated rings. The highest BCUT2D eigenvalue weighted by Gasteiger charge is 2.11. The smallest absolute Gasteiger partial charge is 0.300 e. The van der Waals surface area contributed by atoms with Gasteiger partial charge in [-0.2, -0.15) is 0 Å². The third-order valence-electron chi connectivity index (χ3n) is 16.5. The van der Waals surface area contributed by atoms with E-state index in [1.807, 2.05) is 0 Å². The monoisotopic (exact) mass is 1290 g/mol. The molecule has 0 aromatic carbocycles. The van der Waals surface area contributed by atoms with Crippen LogP contribution in [0.3, 0.4) is 0 Å². The highest BCUT2D eigenvalue weighted by atomic mass is 31.1. The van der Waals surface area contributed by atoms with Gasteiger partial charge in [0.05, 0.1) is 0 Å². The summed E-state index contributed by atoms with van der Waals surface area (Å²) in [6.45, 7) is 24.1. The SMILES string of the molecule is CC(=O)O.CC(=O)O.CC(=O)O.CCCCCCCCP(CCCCCCCC)CCCCCCCC.CCCCCCCCP(CCCCCCCC)CCCCCCCC.CCCCCCCCP(CCCCCCCC)CCCCCCCC. The van der Waals surface area contributed by atoms with Gasteiger partial charge in [0.15, 0.2) is 0 Å². The van der Waals surface area contributed by atoms with E-state index in [0.29, 0.717) is 23.8 Å². The molecular formula is C78H165O6P3. The molecular weight excluding hydrogens is 1130 g/mol. The van der Waals surface area contributed by atoms with Crippen molar-refractivity contribution in [3.05, 3.63) is 0 Å². The Morgan fingerprint density at radius 1 is 0.172 bits per heavy atom. The number of unbranched alkanes of at least 4 members (excludes halogenated alkanes) is 45. The molecule has 0 atom stereocenters. The fourth-order valence-electron chi connectivity index (χ4n) is 11.0. The maximum absolute atomic E-state index is 9.00. The molecule has 0 aromatic rings. The van der Waals surface area contributed by atoms with Gasteiger partial charge < -0.3 is 15.3 Å². The Balaban J connectivity index is -0.000000257. The van der Waals surface area contributed by atoms with Gasteiger partial charge in [-0.05, 0) is 113 Å². The first-order valence-corrected chi connectivity index (χ1v) is 44.7. The molecule has 0 saturated carbocycles. The minimum absolute atomic E-state index is 0.366. The fraction of sp³-hybridized carbons (Fsp3) is 0.962. The van der Waals surface area contributed by atoms with Crippen LogP contribution < -0.4 is 0 Å². The van der Waals surface area contributed by atoms with Gasteiger partial charge in [-0.25, -0.2) is 0 Å². The topological polar surface area (TPSA) is 112 Å². The summed E-state index contributed by atoms with van der Waals surface area (Å²) in [5.41, 5.74) is 0. The van der Waals surface area contributed by atoms with Crippen LogP contribution in [-0.2, 0) is 14.4 Å². The Morgan fingerprint density at radius 3 is 0.322 bits per heavy atom. The molecule has 6 nitrogen and oxygen atoms in total. The number of carboxylic acid groups (broad SMARTS) is 3. The standard InChI is InChI=1S/3C24H51P.3C2H4O2/c3*1-4-7-10-13-16-19-22-25(23-20-17-14-11-8-5-2)24-21-18-15-12-9-6-3;3*1-2(3)4/h3*4-24H2,1-3H3;3*1H3,(H,3,4). The first kappa shape index (κ1) is 97.8. The number of carboxylic acids is 3. The molecule has 0 saturated heterocycles. The van der Waals surface area contributed by atoms with Gasteiger partial charge in [-0.3, -0.25) is 14.4 Å². The zero-order valence-electron chi connectivity index (χ0n) is 62.0. The largest absolute Gasteiger partial charge is 0.481 e. The van der Waals surface area contributed by atoms with Crippen LogP contribution in [0.25, 0.3) is 0 Å². The zero-order valence-corrected chi connectivity index (χ0v) is 64.6. The second-order valence-electron chi connectivity index (χ2n) is 26.0. The predicted molar refractivity (Wildman–Crippen MR) is 405 cm³/mol. The highest BCUT2D eigenvalue weighted by molar-refractivity contribution is 7.58. The number of aliphatic carboxylic acids is 3. The van der Waals surface area contributed by atoms with Crippen molar-refractivity contribution < 1.29 is 29.7 Å². The van der Waals surface area contributed by atoms with Crippen molar-refractivity contribution in [2.75, 3.05) is 55.5 Å². The third-order valence-corrected chi connectivity index (χ3v) is 25.0. The third kappa shape index (κ3) is 117. The molecule has 0 aliphatic rings. The minimum Gasteiger partial charge on any atom is -0.481 e. The quantitative estimate of drug-likeness (QED) is 0.0413. The van der Waals surface area contributed by atoms with Crippen LogP contribution in [0.1, 0.15) is 430 Å². The summed E-state index contributed by atoms with van der Waals surface area (Å²) in [6.07, 6.45) is 93.7. The first-order valence-electron chi connectivity index (χ1n) is 39.0. The van der Waals surface area contributed by atoms with E-state index in [1.54, 1.807) is 55.5 Å². The summed E-state index contributed by atoms with van der Waals surface area (Å²) < 4.78 is 0. The summed E-state index contributed by atoms with van der Waals surface area (Å²) in [5.74, 6) is -2.50. The number of hydrogen-bond acceptors (Lipinski definition) is 3. The molecule has 0 aromatic heterocycles. The van der Waals surface area contributed by atoms with Crippen molar-refractivity contribution in [2.24, 2.45) is 0 Å². The molecule has 87 heavy (non-hydrogen) atoms. The van der Waals surface area contributed by atoms with Crippen LogP contribution in [0.5, 0.6) is 0 Å². The molecule has 0 rings (SSSR count). The lowest BCUT2D eigenvalue weighted by molar-refractivity contribution is -0.135. The minimum atomic E-state index is -0.833. The average molecular weight is 1290 g/mol. The van der Waals surface area contributed by atoms with Crippen LogP contribution in [0.2, 0.25) is 0 Å². The Morgan fingerprint density at radius 2 is 0.241 bits per heavy atom. The highest BCUT2D eigenvalue weighted by Crippen LogP contribution is 2.41. The Labute approximate surface area is 553 Å². The zero-order chi connectivity index (χ0) is 66.0. The molecule has 0 radical (unpaired) electrons. The molecule has 0 unspecified atom stereocenters. The van der Waals surface area contributed by atoms with Crippen molar-refractivity contribution >= 4 is 41.7 Å². The molecule has 0 amide bonds. The van der Waals surface area contributed by atoms with Crippen molar-refractivity contribution in [2.45, 2.75) is 430 Å². The summed E-state index contributed by atoms with van der Waals surface area (Å²) in [4.78, 5) is 27.0. The van der Waals surface area contributed by atoms with Crippen LogP contribution >= 0.6 is 23.8 Å². The van der Waals surface area contributed by atoms with Gasteiger partial charge in [0.25, 0.3) is 17.9 Å². The maximum Gasteiger partial charge on any atom is 0.300 e. The normalized spacial score (nSPS) is 10.8. The Bertz CT molecular complexity index is 938. The van der Waals surface area contributed by atoms with E-state index >= 15 is 0 Å². The molecule has 528 valence electrons. The van der Waals surface area contributed by atoms with E-state index in [1.165, 1.54) is 347 Å². The molecule has 0 bridgehead atoms. The average Bonchev–Trinajstić information content (AvgIpc) is 3.50. The summed E-state index contributed by atoms with van der Waals surface area (Å²) in [5, 5.41) is 22.2. The molecule has 0 spiro atoms. The van der Waals surface area contributed by atoms with Crippen molar-refractivity contribution in [1.82, 2.24) is 0 Å². The Kier molecular flexibility index (Phi) is 106. The van der Waals surface area contributed by atoms with Gasteiger partial charge in [-0.15, -0.1) is 23.8 Å². The van der Waals surface area contributed by atoms with Crippen LogP contribution in [0, 0.1) is 0 Å². The maximum atomic E-state index is 9.00. The van der Waals surface area contributed by atoms with Gasteiger partial charge in [0, 0.05) is 20.8 Å². The van der Waals surface area contributed by atoms with Crippen molar-refractivity contribution in [3.63, 3.8) is 0 Å². The van der Waals surface area contributed by atoms with E-state index in [9.17, 15) is 0 Å². The van der Waals surface area contributed by atoms with E-state index in [4.69, 9.17) is 29.7 Å². The van der Waals surface area contributed by atoms with Crippen molar-refractivity contribution in [1.29, 1.82) is 0 Å². The van der Waals surface area contributed by atoms with Gasteiger partial charge in [-0.1, -0.05) is 351 Å². The predicted octanol–water partition coefficient (Wildman–Crippen LogP) is 28.9. The summed E-state index contributed by atoms with van der Waals surface area (Å²) >= 11 is 0. The van der Waals surface area contributed by atoms with Gasteiger partial charge in [0.2, 0.25) is 0 Å². The van der Waals surface area contributed by atoms with Crippen molar-refractivity contribution in [3.8, 4) is 0 Å². The second kappa shape index (κ2) is 94.4. The fourth-order valence-corrected chi connectivity index (χ4v) is 19.1. The lowest BCUT2D eigenvalue weighted by atomic mass is 10.1. The van der Waals surface area contributed by atoms with Gasteiger partial charge >= 0.3 is 0 Å². The van der Waals surface area contributed by atoms with E-state index in [-0.39, 0.29) is 0 Å². The summed E-state index contributed by atoms with van der Waals surface area (Å²) in [7, 11) is 1.10. The van der Waals surface area contributed by atoms with E-state index < -0.39 is 17.9 Å². The summed E-state index contributed by atoms with van der Waals surface area (Å²) in [6, 6.07) is 0. The van der Waals surface area contributed by atoms with Crippen LogP contribution in [-0.4, -0.2) is 88.7 Å². The second-order valence-corrected chi connectivity index (χ2v) is 34.0. The first-order chi connectivity index (χ1) is 42.2. The molecule has 3 N–H and O–H groups in total. The van der Waals surface area contributed by atoms with Crippen LogP contribution in [0.15, 0.2) is 0 Å². The number of hydrogen-bond donors (Lipinski definition) is 3. The van der Waals surface area contributed by atoms with E-state index in [0.717, 1.165) is 20.8 Å². The molecule has 9 heteroatoms. The van der Waals surface area contributed by atoms with Crippen LogP contribution in [0.4, 0.5) is 0 Å². The Hall–Kier alpha value is -0.300. The van der Waals surface area contributed by atoms with Gasteiger partial charge in [0.1, 0.15) is 0 Å². The molecule has 0 heterocycles. The number of rotatable bonds is 63.